The molecule has 3 atom stereocenters. The zero-order chi connectivity index (χ0) is 21.3. The SMILES string of the molecule is CC(O)[C@H](NC(=O)[C@H](CCCN=C(N)N)NC(=O)c1ccccc1O)C(=O)O. The molecule has 0 aliphatic carbocycles. The molecule has 0 spiro atoms. The lowest BCUT2D eigenvalue weighted by Gasteiger charge is -2.22. The summed E-state index contributed by atoms with van der Waals surface area (Å²) in [4.78, 5) is 39.8. The molecule has 0 fully saturated rings. The predicted octanol–water partition coefficient (Wildman–Crippen LogP) is -1.51. The number of carboxylic acids is 1. The minimum atomic E-state index is -1.55. The van der Waals surface area contributed by atoms with Crippen LogP contribution in [0.3, 0.4) is 0 Å². The van der Waals surface area contributed by atoms with Gasteiger partial charge in [0.1, 0.15) is 11.8 Å². The Bertz CT molecular complexity index is 733. The number of carboxylic acid groups (broad SMARTS) is 1. The molecule has 1 unspecified atom stereocenters. The summed E-state index contributed by atoms with van der Waals surface area (Å²) >= 11 is 0. The van der Waals surface area contributed by atoms with Crippen LogP contribution in [0.1, 0.15) is 30.1 Å². The summed E-state index contributed by atoms with van der Waals surface area (Å²) in [7, 11) is 0. The van der Waals surface area contributed by atoms with Crippen molar-refractivity contribution in [2.24, 2.45) is 16.5 Å². The number of nitrogens with zero attached hydrogens (tertiary/aromatic N) is 1. The number of benzene rings is 1. The molecular weight excluding hydrogens is 370 g/mol. The van der Waals surface area contributed by atoms with E-state index in [0.717, 1.165) is 0 Å². The third-order valence-corrected chi connectivity index (χ3v) is 3.76. The molecular formula is C17H25N5O6. The summed E-state index contributed by atoms with van der Waals surface area (Å²) in [6, 6.07) is 3.07. The van der Waals surface area contributed by atoms with Gasteiger partial charge < -0.3 is 37.4 Å². The van der Waals surface area contributed by atoms with Crippen LogP contribution in [-0.4, -0.2) is 63.8 Å². The number of rotatable bonds is 10. The van der Waals surface area contributed by atoms with E-state index in [9.17, 15) is 24.6 Å². The van der Waals surface area contributed by atoms with Crippen molar-refractivity contribution in [3.63, 3.8) is 0 Å². The van der Waals surface area contributed by atoms with Crippen molar-refractivity contribution in [1.82, 2.24) is 10.6 Å². The number of aliphatic hydroxyl groups is 1. The third-order valence-electron chi connectivity index (χ3n) is 3.76. The van der Waals surface area contributed by atoms with Gasteiger partial charge in [-0.3, -0.25) is 14.6 Å². The first-order valence-electron chi connectivity index (χ1n) is 8.49. The van der Waals surface area contributed by atoms with Gasteiger partial charge in [-0.15, -0.1) is 0 Å². The summed E-state index contributed by atoms with van der Waals surface area (Å²) in [6.07, 6.45) is -0.949. The van der Waals surface area contributed by atoms with Crippen molar-refractivity contribution in [3.05, 3.63) is 29.8 Å². The first-order chi connectivity index (χ1) is 13.1. The monoisotopic (exact) mass is 395 g/mol. The van der Waals surface area contributed by atoms with Gasteiger partial charge in [-0.1, -0.05) is 12.1 Å². The van der Waals surface area contributed by atoms with Crippen LogP contribution in [0.4, 0.5) is 0 Å². The number of carbonyl (C=O) groups is 3. The van der Waals surface area contributed by atoms with Crippen molar-refractivity contribution in [1.29, 1.82) is 0 Å². The number of phenols is 1. The molecule has 0 aliphatic rings. The number of aliphatic hydroxyl groups excluding tert-OH is 1. The second-order valence-corrected chi connectivity index (χ2v) is 6.06. The van der Waals surface area contributed by atoms with Crippen molar-refractivity contribution < 1.29 is 29.7 Å². The fourth-order valence-electron chi connectivity index (χ4n) is 2.32. The molecule has 11 nitrogen and oxygen atoms in total. The van der Waals surface area contributed by atoms with Gasteiger partial charge in [-0.2, -0.15) is 0 Å². The van der Waals surface area contributed by atoms with Crippen LogP contribution in [0, 0.1) is 0 Å². The average molecular weight is 395 g/mol. The highest BCUT2D eigenvalue weighted by Gasteiger charge is 2.29. The number of aliphatic imine (C=N–C) groups is 1. The molecule has 0 bridgehead atoms. The lowest BCUT2D eigenvalue weighted by atomic mass is 10.1. The van der Waals surface area contributed by atoms with E-state index in [1.165, 1.54) is 31.2 Å². The maximum Gasteiger partial charge on any atom is 0.328 e. The van der Waals surface area contributed by atoms with Gasteiger partial charge >= 0.3 is 5.97 Å². The molecule has 0 aromatic heterocycles. The Labute approximate surface area is 161 Å². The van der Waals surface area contributed by atoms with Crippen LogP contribution < -0.4 is 22.1 Å². The molecule has 2 amide bonds. The fraction of sp³-hybridized carbons (Fsp3) is 0.412. The van der Waals surface area contributed by atoms with Gasteiger partial charge in [-0.25, -0.2) is 4.79 Å². The lowest BCUT2D eigenvalue weighted by molar-refractivity contribution is -0.145. The number of aromatic hydroxyl groups is 1. The van der Waals surface area contributed by atoms with Gasteiger partial charge in [-0.05, 0) is 31.9 Å². The molecule has 0 saturated carbocycles. The summed E-state index contributed by atoms with van der Waals surface area (Å²) < 4.78 is 0. The van der Waals surface area contributed by atoms with Gasteiger partial charge in [0.25, 0.3) is 5.91 Å². The van der Waals surface area contributed by atoms with Crippen LogP contribution in [0.15, 0.2) is 29.3 Å². The van der Waals surface area contributed by atoms with Crippen molar-refractivity contribution in [2.75, 3.05) is 6.54 Å². The van der Waals surface area contributed by atoms with Crippen LogP contribution in [-0.2, 0) is 9.59 Å². The largest absolute Gasteiger partial charge is 0.507 e. The topological polar surface area (TPSA) is 200 Å². The van der Waals surface area contributed by atoms with E-state index in [0.29, 0.717) is 6.42 Å². The minimum absolute atomic E-state index is 0.0464. The first-order valence-corrected chi connectivity index (χ1v) is 8.49. The summed E-state index contributed by atoms with van der Waals surface area (Å²) in [5.74, 6) is -3.34. The minimum Gasteiger partial charge on any atom is -0.507 e. The van der Waals surface area contributed by atoms with E-state index in [1.54, 1.807) is 0 Å². The first kappa shape index (κ1) is 22.7. The van der Waals surface area contributed by atoms with Crippen molar-refractivity contribution in [2.45, 2.75) is 38.0 Å². The number of para-hydroxylation sites is 1. The standard InChI is InChI=1S/C17H25N5O6/c1-9(23)13(16(27)28)22-15(26)11(6-4-8-20-17(18)19)21-14(25)10-5-2-3-7-12(10)24/h2-3,5,7,9,11,13,23-24H,4,6,8H2,1H3,(H,21,25)(H,22,26)(H,27,28)(H4,18,19,20)/t9?,11-,13-/m0/s1. The zero-order valence-electron chi connectivity index (χ0n) is 15.3. The maximum atomic E-state index is 12.5. The normalized spacial score (nSPS) is 13.6. The summed E-state index contributed by atoms with van der Waals surface area (Å²) in [5, 5.41) is 33.0. The highest BCUT2D eigenvalue weighted by atomic mass is 16.4. The molecule has 0 saturated heterocycles. The molecule has 1 aromatic carbocycles. The number of aliphatic carboxylic acids is 1. The Balaban J connectivity index is 2.92. The average Bonchev–Trinajstić information content (AvgIpc) is 2.61. The van der Waals surface area contributed by atoms with Gasteiger partial charge in [0.05, 0.1) is 11.7 Å². The molecule has 28 heavy (non-hydrogen) atoms. The highest BCUT2D eigenvalue weighted by Crippen LogP contribution is 2.15. The van der Waals surface area contributed by atoms with E-state index < -0.39 is 36.0 Å². The van der Waals surface area contributed by atoms with Gasteiger partial charge in [0.2, 0.25) is 5.91 Å². The van der Waals surface area contributed by atoms with E-state index in [4.69, 9.17) is 16.6 Å². The molecule has 0 heterocycles. The van der Waals surface area contributed by atoms with Crippen LogP contribution >= 0.6 is 0 Å². The number of hydrogen-bond acceptors (Lipinski definition) is 6. The third kappa shape index (κ3) is 7.11. The molecule has 154 valence electrons. The lowest BCUT2D eigenvalue weighted by Crippen LogP contribution is -2.54. The molecule has 1 aromatic rings. The Kier molecular flexibility index (Phi) is 8.69. The van der Waals surface area contributed by atoms with Crippen molar-refractivity contribution >= 4 is 23.7 Å². The number of nitrogens with two attached hydrogens (primary N) is 2. The van der Waals surface area contributed by atoms with Crippen LogP contribution in [0.5, 0.6) is 5.75 Å². The predicted molar refractivity (Wildman–Crippen MR) is 101 cm³/mol. The Morgan fingerprint density at radius 3 is 2.36 bits per heavy atom. The molecule has 11 heteroatoms. The van der Waals surface area contributed by atoms with Crippen LogP contribution in [0.25, 0.3) is 0 Å². The van der Waals surface area contributed by atoms with Crippen molar-refractivity contribution in [3.8, 4) is 5.75 Å². The van der Waals surface area contributed by atoms with E-state index in [2.05, 4.69) is 15.6 Å². The Morgan fingerprint density at radius 2 is 1.82 bits per heavy atom. The van der Waals surface area contributed by atoms with E-state index in [-0.39, 0.29) is 30.2 Å². The number of guanidine groups is 1. The Hall–Kier alpha value is -3.34. The number of phenolic OH excluding ortho intramolecular Hbond substituents is 1. The van der Waals surface area contributed by atoms with E-state index >= 15 is 0 Å². The fourth-order valence-corrected chi connectivity index (χ4v) is 2.32. The van der Waals surface area contributed by atoms with E-state index in [1.807, 2.05) is 0 Å². The quantitative estimate of drug-likeness (QED) is 0.141. The Morgan fingerprint density at radius 1 is 1.18 bits per heavy atom. The molecule has 0 radical (unpaired) electrons. The zero-order valence-corrected chi connectivity index (χ0v) is 15.3. The summed E-state index contributed by atoms with van der Waals surface area (Å²) in [6.45, 7) is 1.41. The highest BCUT2D eigenvalue weighted by molar-refractivity contribution is 6.00. The number of hydrogen-bond donors (Lipinski definition) is 7. The number of amides is 2. The van der Waals surface area contributed by atoms with Gasteiger partial charge in [0, 0.05) is 6.54 Å². The number of nitrogens with one attached hydrogen (secondary N) is 2. The summed E-state index contributed by atoms with van der Waals surface area (Å²) in [5.41, 5.74) is 10.4. The molecule has 9 N–H and O–H groups in total. The number of carbonyl (C=O) groups excluding carboxylic acids is 2. The van der Waals surface area contributed by atoms with Gasteiger partial charge in [0.15, 0.2) is 12.0 Å². The second kappa shape index (κ2) is 10.7. The van der Waals surface area contributed by atoms with Crippen LogP contribution in [0.2, 0.25) is 0 Å². The molecule has 0 aliphatic heterocycles. The maximum absolute atomic E-state index is 12.5. The second-order valence-electron chi connectivity index (χ2n) is 6.06. The smallest absolute Gasteiger partial charge is 0.328 e. The molecule has 1 rings (SSSR count).